The van der Waals surface area contributed by atoms with Crippen LogP contribution in [0.5, 0.6) is 0 Å². The number of hydrogen-bond acceptors (Lipinski definition) is 2. The van der Waals surface area contributed by atoms with E-state index < -0.39 is 0 Å². The second-order valence-electron chi connectivity index (χ2n) is 2.98. The van der Waals surface area contributed by atoms with Gasteiger partial charge in [-0.25, -0.2) is 0 Å². The fourth-order valence-electron chi connectivity index (χ4n) is 1.02. The SMILES string of the molecule is CC(C)N1CN(C)C(Cl)=C1Cl. The van der Waals surface area contributed by atoms with Crippen molar-refractivity contribution in [3.05, 3.63) is 10.3 Å². The van der Waals surface area contributed by atoms with Crippen LogP contribution in [0.4, 0.5) is 0 Å². The summed E-state index contributed by atoms with van der Waals surface area (Å²) in [7, 11) is 1.92. The van der Waals surface area contributed by atoms with Crippen LogP contribution in [0.2, 0.25) is 0 Å². The van der Waals surface area contributed by atoms with E-state index in [1.165, 1.54) is 0 Å². The molecule has 0 bridgehead atoms. The topological polar surface area (TPSA) is 6.48 Å². The van der Waals surface area contributed by atoms with Gasteiger partial charge >= 0.3 is 0 Å². The second kappa shape index (κ2) is 3.11. The molecule has 0 radical (unpaired) electrons. The Morgan fingerprint density at radius 3 is 2.00 bits per heavy atom. The molecule has 0 saturated heterocycles. The van der Waals surface area contributed by atoms with Crippen LogP contribution in [-0.4, -0.2) is 29.6 Å². The first-order chi connectivity index (χ1) is 5.04. The highest BCUT2D eigenvalue weighted by molar-refractivity contribution is 6.38. The first-order valence-corrected chi connectivity index (χ1v) is 4.32. The van der Waals surface area contributed by atoms with E-state index in [-0.39, 0.29) is 0 Å². The Balaban J connectivity index is 2.77. The Bertz CT molecular complexity index is 189. The minimum Gasteiger partial charge on any atom is -0.345 e. The van der Waals surface area contributed by atoms with E-state index in [0.717, 1.165) is 6.67 Å². The number of rotatable bonds is 1. The molecule has 1 aliphatic heterocycles. The first-order valence-electron chi connectivity index (χ1n) is 3.57. The molecule has 1 aliphatic rings. The molecule has 0 aliphatic carbocycles. The minimum atomic E-state index is 0.404. The molecular formula is C7H12Cl2N2. The first kappa shape index (κ1) is 9.01. The smallest absolute Gasteiger partial charge is 0.142 e. The van der Waals surface area contributed by atoms with Gasteiger partial charge < -0.3 is 9.80 Å². The summed E-state index contributed by atoms with van der Waals surface area (Å²) in [5.74, 6) is 0. The molecule has 0 aromatic heterocycles. The molecule has 0 amide bonds. The summed E-state index contributed by atoms with van der Waals surface area (Å²) >= 11 is 11.8. The van der Waals surface area contributed by atoms with E-state index in [1.807, 2.05) is 16.8 Å². The summed E-state index contributed by atoms with van der Waals surface area (Å²) in [6.45, 7) is 4.97. The van der Waals surface area contributed by atoms with Gasteiger partial charge in [-0.1, -0.05) is 23.2 Å². The standard InChI is InChI=1S/C7H12Cl2N2/c1-5(2)11-4-10(3)6(8)7(11)9/h5H,4H2,1-3H3. The molecule has 64 valence electrons. The largest absolute Gasteiger partial charge is 0.345 e. The summed E-state index contributed by atoms with van der Waals surface area (Å²) in [6, 6.07) is 0.404. The third-order valence-electron chi connectivity index (χ3n) is 1.75. The normalized spacial score (nSPS) is 19.1. The third-order valence-corrected chi connectivity index (χ3v) is 2.71. The van der Waals surface area contributed by atoms with Crippen LogP contribution in [0, 0.1) is 0 Å². The van der Waals surface area contributed by atoms with Gasteiger partial charge in [-0.15, -0.1) is 0 Å². The van der Waals surface area contributed by atoms with Crippen LogP contribution in [0.25, 0.3) is 0 Å². The molecule has 0 atom stereocenters. The van der Waals surface area contributed by atoms with Crippen molar-refractivity contribution < 1.29 is 0 Å². The Kier molecular flexibility index (Phi) is 2.55. The molecule has 0 fully saturated rings. The van der Waals surface area contributed by atoms with E-state index in [0.29, 0.717) is 16.4 Å². The van der Waals surface area contributed by atoms with Crippen LogP contribution in [0.3, 0.4) is 0 Å². The zero-order valence-electron chi connectivity index (χ0n) is 6.93. The van der Waals surface area contributed by atoms with E-state index in [2.05, 4.69) is 13.8 Å². The molecule has 11 heavy (non-hydrogen) atoms. The lowest BCUT2D eigenvalue weighted by atomic mass is 10.4. The van der Waals surface area contributed by atoms with Crippen LogP contribution >= 0.6 is 23.2 Å². The summed E-state index contributed by atoms with van der Waals surface area (Å²) in [5.41, 5.74) is 0. The zero-order chi connectivity index (χ0) is 8.59. The maximum absolute atomic E-state index is 5.95. The van der Waals surface area contributed by atoms with Gasteiger partial charge in [-0.2, -0.15) is 0 Å². The van der Waals surface area contributed by atoms with Gasteiger partial charge in [0, 0.05) is 13.1 Å². The van der Waals surface area contributed by atoms with Crippen LogP contribution < -0.4 is 0 Å². The van der Waals surface area contributed by atoms with Gasteiger partial charge in [0.2, 0.25) is 0 Å². The van der Waals surface area contributed by atoms with Crippen molar-refractivity contribution in [2.24, 2.45) is 0 Å². The number of nitrogens with zero attached hydrogens (tertiary/aromatic N) is 2. The van der Waals surface area contributed by atoms with Gasteiger partial charge in [-0.3, -0.25) is 0 Å². The van der Waals surface area contributed by atoms with Crippen molar-refractivity contribution in [2.45, 2.75) is 19.9 Å². The maximum atomic E-state index is 5.95. The van der Waals surface area contributed by atoms with E-state index in [4.69, 9.17) is 23.2 Å². The Hall–Kier alpha value is -0.0800. The highest BCUT2D eigenvalue weighted by Crippen LogP contribution is 2.29. The minimum absolute atomic E-state index is 0.404. The van der Waals surface area contributed by atoms with Gasteiger partial charge in [0.25, 0.3) is 0 Å². The second-order valence-corrected chi connectivity index (χ2v) is 3.70. The van der Waals surface area contributed by atoms with Gasteiger partial charge in [0.05, 0.1) is 6.67 Å². The van der Waals surface area contributed by atoms with Crippen molar-refractivity contribution >= 4 is 23.2 Å². The summed E-state index contributed by atoms with van der Waals surface area (Å²) in [4.78, 5) is 3.97. The van der Waals surface area contributed by atoms with E-state index >= 15 is 0 Å². The predicted molar refractivity (Wildman–Crippen MR) is 48.3 cm³/mol. The third kappa shape index (κ3) is 1.57. The highest BCUT2D eigenvalue weighted by atomic mass is 35.5. The summed E-state index contributed by atoms with van der Waals surface area (Å²) in [5, 5.41) is 1.30. The lowest BCUT2D eigenvalue weighted by molar-refractivity contribution is 0.247. The van der Waals surface area contributed by atoms with Crippen molar-refractivity contribution in [3.8, 4) is 0 Å². The zero-order valence-corrected chi connectivity index (χ0v) is 8.45. The van der Waals surface area contributed by atoms with E-state index in [1.54, 1.807) is 0 Å². The Labute approximate surface area is 77.4 Å². The molecule has 4 heteroatoms. The van der Waals surface area contributed by atoms with Crippen molar-refractivity contribution in [3.63, 3.8) is 0 Å². The average molecular weight is 195 g/mol. The summed E-state index contributed by atoms with van der Waals surface area (Å²) in [6.07, 6.45) is 0. The van der Waals surface area contributed by atoms with Crippen LogP contribution in [0.1, 0.15) is 13.8 Å². The molecule has 1 heterocycles. The Morgan fingerprint density at radius 2 is 1.82 bits per heavy atom. The molecule has 1 rings (SSSR count). The molecule has 0 unspecified atom stereocenters. The molecule has 0 spiro atoms. The molecular weight excluding hydrogens is 183 g/mol. The number of hydrogen-bond donors (Lipinski definition) is 0. The maximum Gasteiger partial charge on any atom is 0.142 e. The lowest BCUT2D eigenvalue weighted by Crippen LogP contribution is -2.30. The van der Waals surface area contributed by atoms with Gasteiger partial charge in [0.1, 0.15) is 10.3 Å². The molecule has 0 aromatic rings. The van der Waals surface area contributed by atoms with Gasteiger partial charge in [0.15, 0.2) is 0 Å². The quantitative estimate of drug-likeness (QED) is 0.592. The fourth-order valence-corrected chi connectivity index (χ4v) is 1.57. The lowest BCUT2D eigenvalue weighted by Gasteiger charge is -2.23. The molecule has 0 N–H and O–H groups in total. The fraction of sp³-hybridized carbons (Fsp3) is 0.714. The van der Waals surface area contributed by atoms with E-state index in [9.17, 15) is 0 Å². The Morgan fingerprint density at radius 1 is 1.27 bits per heavy atom. The molecule has 0 aromatic carbocycles. The average Bonchev–Trinajstić information content (AvgIpc) is 2.17. The monoisotopic (exact) mass is 194 g/mol. The van der Waals surface area contributed by atoms with Gasteiger partial charge in [-0.05, 0) is 13.8 Å². The molecule has 2 nitrogen and oxygen atoms in total. The van der Waals surface area contributed by atoms with Crippen molar-refractivity contribution in [2.75, 3.05) is 13.7 Å². The van der Waals surface area contributed by atoms with Crippen molar-refractivity contribution in [1.29, 1.82) is 0 Å². The number of halogens is 2. The predicted octanol–water partition coefficient (Wildman–Crippen LogP) is 2.20. The molecule has 0 saturated carbocycles. The van der Waals surface area contributed by atoms with Crippen molar-refractivity contribution in [1.82, 2.24) is 9.80 Å². The van der Waals surface area contributed by atoms with Crippen LogP contribution in [-0.2, 0) is 0 Å². The van der Waals surface area contributed by atoms with Crippen LogP contribution in [0.15, 0.2) is 10.3 Å². The summed E-state index contributed by atoms with van der Waals surface area (Å²) < 4.78 is 0. The highest BCUT2D eigenvalue weighted by Gasteiger charge is 2.25.